The molecule has 87 valence electrons. The number of carbonyl (C=O) groups is 1. The molecule has 0 aromatic carbocycles. The molecule has 0 aliphatic heterocycles. The molecule has 1 unspecified atom stereocenters. The summed E-state index contributed by atoms with van der Waals surface area (Å²) in [7, 11) is 0. The molecule has 0 aliphatic rings. The Kier molecular flexibility index (Phi) is 7.68. The molecule has 4 nitrogen and oxygen atoms in total. The highest BCUT2D eigenvalue weighted by atomic mass is 16.6. The molecule has 0 bridgehead atoms. The Morgan fingerprint density at radius 3 is 2.47 bits per heavy atom. The third-order valence-electron chi connectivity index (χ3n) is 2.01. The Bertz CT molecular complexity index is 189. The minimum atomic E-state index is -0.830. The van der Waals surface area contributed by atoms with Crippen LogP contribution in [0.4, 0.5) is 0 Å². The summed E-state index contributed by atoms with van der Waals surface area (Å²) >= 11 is 0. The van der Waals surface area contributed by atoms with Crippen LogP contribution in [0.25, 0.3) is 0 Å². The lowest BCUT2D eigenvalue weighted by Crippen LogP contribution is -2.31. The minimum Gasteiger partial charge on any atom is -0.463 e. The maximum absolute atomic E-state index is 11.4. The molecule has 0 rings (SSSR count). The third kappa shape index (κ3) is 6.10. The molecule has 0 heterocycles. The number of esters is 1. The summed E-state index contributed by atoms with van der Waals surface area (Å²) in [5.74, 6) is -0.574. The van der Waals surface area contributed by atoms with Crippen molar-refractivity contribution in [3.05, 3.63) is 0 Å². The van der Waals surface area contributed by atoms with Gasteiger partial charge in [-0.1, -0.05) is 33.6 Å². The Morgan fingerprint density at radius 2 is 2.00 bits per heavy atom. The lowest BCUT2D eigenvalue weighted by atomic mass is 10.1. The first-order chi connectivity index (χ1) is 7.13. The zero-order valence-corrected chi connectivity index (χ0v) is 9.62. The average molecular weight is 215 g/mol. The summed E-state index contributed by atoms with van der Waals surface area (Å²) in [5.41, 5.74) is 0. The van der Waals surface area contributed by atoms with Crippen LogP contribution < -0.4 is 0 Å². The van der Waals surface area contributed by atoms with Gasteiger partial charge in [-0.25, -0.2) is 9.59 Å². The minimum absolute atomic E-state index is 0.0925. The first kappa shape index (κ1) is 13.9. The van der Waals surface area contributed by atoms with E-state index in [4.69, 9.17) is 4.74 Å². The van der Waals surface area contributed by atoms with Crippen LogP contribution in [0.1, 0.15) is 40.0 Å². The monoisotopic (exact) mass is 215 g/mol. The second kappa shape index (κ2) is 8.26. The van der Waals surface area contributed by atoms with Gasteiger partial charge < -0.3 is 9.47 Å². The van der Waals surface area contributed by atoms with E-state index in [0.717, 1.165) is 19.3 Å². The van der Waals surface area contributed by atoms with Crippen LogP contribution in [-0.2, 0) is 19.1 Å². The van der Waals surface area contributed by atoms with Crippen molar-refractivity contribution in [2.45, 2.75) is 46.1 Å². The number of hydrogen-bond donors (Lipinski definition) is 0. The van der Waals surface area contributed by atoms with E-state index in [0.29, 0.717) is 6.61 Å². The normalized spacial score (nSPS) is 12.3. The molecule has 1 radical (unpaired) electrons. The van der Waals surface area contributed by atoms with Crippen molar-refractivity contribution >= 4 is 12.4 Å². The molecule has 1 atom stereocenters. The van der Waals surface area contributed by atoms with E-state index in [1.54, 1.807) is 13.8 Å². The summed E-state index contributed by atoms with van der Waals surface area (Å²) in [4.78, 5) is 21.5. The number of rotatable bonds is 8. The van der Waals surface area contributed by atoms with Crippen molar-refractivity contribution in [3.8, 4) is 0 Å². The zero-order chi connectivity index (χ0) is 11.7. The Labute approximate surface area is 90.9 Å². The lowest BCUT2D eigenvalue weighted by Gasteiger charge is -2.16. The van der Waals surface area contributed by atoms with Gasteiger partial charge in [-0.3, -0.25) is 0 Å². The van der Waals surface area contributed by atoms with E-state index in [1.807, 2.05) is 0 Å². The van der Waals surface area contributed by atoms with Crippen molar-refractivity contribution in [3.63, 3.8) is 0 Å². The van der Waals surface area contributed by atoms with Crippen LogP contribution in [0.15, 0.2) is 0 Å². The van der Waals surface area contributed by atoms with Gasteiger partial charge in [-0.2, -0.15) is 0 Å². The van der Waals surface area contributed by atoms with Gasteiger partial charge in [0.15, 0.2) is 0 Å². The van der Waals surface area contributed by atoms with Gasteiger partial charge in [-0.15, -0.1) is 0 Å². The average Bonchev–Trinajstić information content (AvgIpc) is 2.20. The quantitative estimate of drug-likeness (QED) is 0.458. The molecular weight excluding hydrogens is 196 g/mol. The highest BCUT2D eigenvalue weighted by Crippen LogP contribution is 2.08. The largest absolute Gasteiger partial charge is 0.463 e. The summed E-state index contributed by atoms with van der Waals surface area (Å²) in [6, 6.07) is 0. The zero-order valence-electron chi connectivity index (χ0n) is 9.62. The topological polar surface area (TPSA) is 52.6 Å². The molecule has 0 fully saturated rings. The molecule has 15 heavy (non-hydrogen) atoms. The van der Waals surface area contributed by atoms with Crippen molar-refractivity contribution in [2.75, 3.05) is 6.61 Å². The van der Waals surface area contributed by atoms with Gasteiger partial charge in [0, 0.05) is 5.92 Å². The van der Waals surface area contributed by atoms with Gasteiger partial charge >= 0.3 is 12.4 Å². The van der Waals surface area contributed by atoms with Crippen LogP contribution in [0.3, 0.4) is 0 Å². The van der Waals surface area contributed by atoms with Crippen LogP contribution in [0.5, 0.6) is 0 Å². The van der Waals surface area contributed by atoms with Crippen molar-refractivity contribution in [1.82, 2.24) is 0 Å². The Morgan fingerprint density at radius 1 is 1.33 bits per heavy atom. The maximum atomic E-state index is 11.4. The number of carbonyl (C=O) groups excluding carboxylic acids is 2. The van der Waals surface area contributed by atoms with E-state index >= 15 is 0 Å². The van der Waals surface area contributed by atoms with Crippen molar-refractivity contribution in [1.29, 1.82) is 0 Å². The summed E-state index contributed by atoms with van der Waals surface area (Å²) in [6.07, 6.45) is 2.12. The first-order valence-corrected chi connectivity index (χ1v) is 5.32. The van der Waals surface area contributed by atoms with Gasteiger partial charge in [0.1, 0.15) is 0 Å². The smallest absolute Gasteiger partial charge is 0.418 e. The molecule has 0 aromatic rings. The van der Waals surface area contributed by atoms with E-state index in [1.165, 1.54) is 6.47 Å². The standard InChI is InChI=1S/C11H19O4/c1-4-5-6-7-14-11(13)10(9(2)3)15-8-12/h9-10H,4-7H2,1-3H3. The van der Waals surface area contributed by atoms with E-state index < -0.39 is 12.1 Å². The van der Waals surface area contributed by atoms with Crippen LogP contribution in [0.2, 0.25) is 0 Å². The first-order valence-electron chi connectivity index (χ1n) is 5.32. The van der Waals surface area contributed by atoms with Crippen LogP contribution in [-0.4, -0.2) is 25.2 Å². The Balaban J connectivity index is 3.87. The summed E-state index contributed by atoms with van der Waals surface area (Å²) in [5, 5.41) is 0. The van der Waals surface area contributed by atoms with Gasteiger partial charge in [-0.05, 0) is 6.42 Å². The fourth-order valence-corrected chi connectivity index (χ4v) is 1.12. The molecular formula is C11H19O4. The summed E-state index contributed by atoms with van der Waals surface area (Å²) in [6.45, 7) is 7.31. The number of unbranched alkanes of at least 4 members (excludes halogenated alkanes) is 2. The molecule has 4 heteroatoms. The second-order valence-corrected chi connectivity index (χ2v) is 3.74. The molecule has 0 spiro atoms. The highest BCUT2D eigenvalue weighted by Gasteiger charge is 2.25. The predicted molar refractivity (Wildman–Crippen MR) is 55.9 cm³/mol. The van der Waals surface area contributed by atoms with E-state index in [2.05, 4.69) is 11.7 Å². The summed E-state index contributed by atoms with van der Waals surface area (Å²) < 4.78 is 9.52. The van der Waals surface area contributed by atoms with Crippen molar-refractivity contribution < 1.29 is 19.1 Å². The van der Waals surface area contributed by atoms with Gasteiger partial charge in [0.25, 0.3) is 0 Å². The van der Waals surface area contributed by atoms with Crippen LogP contribution in [0, 0.1) is 5.92 Å². The van der Waals surface area contributed by atoms with Gasteiger partial charge in [0.05, 0.1) is 6.61 Å². The highest BCUT2D eigenvalue weighted by molar-refractivity contribution is 5.76. The Hall–Kier alpha value is -1.06. The SMILES string of the molecule is CCCCCOC(=O)C(O[C]=O)C(C)C. The molecule has 0 N–H and O–H groups in total. The van der Waals surface area contributed by atoms with E-state index in [9.17, 15) is 9.59 Å². The third-order valence-corrected chi connectivity index (χ3v) is 2.01. The van der Waals surface area contributed by atoms with E-state index in [-0.39, 0.29) is 5.92 Å². The molecule has 0 amide bonds. The second-order valence-electron chi connectivity index (χ2n) is 3.74. The fourth-order valence-electron chi connectivity index (χ4n) is 1.12. The lowest BCUT2D eigenvalue weighted by molar-refractivity contribution is -0.155. The molecule has 0 saturated carbocycles. The van der Waals surface area contributed by atoms with Crippen molar-refractivity contribution in [2.24, 2.45) is 5.92 Å². The molecule has 0 aliphatic carbocycles. The van der Waals surface area contributed by atoms with Crippen LogP contribution >= 0.6 is 0 Å². The number of hydrogen-bond acceptors (Lipinski definition) is 4. The maximum Gasteiger partial charge on any atom is 0.418 e. The molecule has 0 aromatic heterocycles. The predicted octanol–water partition coefficient (Wildman–Crippen LogP) is 1.83. The fraction of sp³-hybridized carbons (Fsp3) is 0.818. The van der Waals surface area contributed by atoms with Gasteiger partial charge in [0.2, 0.25) is 6.10 Å². The molecule has 0 saturated heterocycles. The number of ether oxygens (including phenoxy) is 2.